The summed E-state index contributed by atoms with van der Waals surface area (Å²) in [5.74, 6) is 1.30. The normalized spacial score (nSPS) is 10.6. The van der Waals surface area contributed by atoms with Gasteiger partial charge in [0.15, 0.2) is 0 Å². The number of nitrogens with zero attached hydrogens (tertiary/aromatic N) is 2. The van der Waals surface area contributed by atoms with Crippen molar-refractivity contribution in [1.29, 1.82) is 0 Å². The molecule has 2 aromatic carbocycles. The minimum Gasteiger partial charge on any atom is -0.494 e. The molecule has 1 aromatic heterocycles. The van der Waals surface area contributed by atoms with E-state index in [0.29, 0.717) is 18.8 Å². The van der Waals surface area contributed by atoms with E-state index in [0.717, 1.165) is 22.6 Å². The van der Waals surface area contributed by atoms with Gasteiger partial charge in [-0.1, -0.05) is 18.2 Å². The average molecular weight is 375 g/mol. The number of ether oxygens (including phenoxy) is 2. The Kier molecular flexibility index (Phi) is 6.73. The van der Waals surface area contributed by atoms with Gasteiger partial charge in [-0.3, -0.25) is 9.78 Å². The predicted octanol–water partition coefficient (Wildman–Crippen LogP) is 3.82. The SMILES string of the molecule is CCOc1ccc(OCc2ccc(C(=O)N/N=C\c3cccnc3)cc2)cc1. The van der Waals surface area contributed by atoms with Crippen molar-refractivity contribution in [3.63, 3.8) is 0 Å². The van der Waals surface area contributed by atoms with Crippen LogP contribution in [0.5, 0.6) is 11.5 Å². The van der Waals surface area contributed by atoms with Crippen molar-refractivity contribution in [2.75, 3.05) is 6.61 Å². The number of aromatic nitrogens is 1. The van der Waals surface area contributed by atoms with Crippen LogP contribution in [-0.4, -0.2) is 23.7 Å². The van der Waals surface area contributed by atoms with Crippen LogP contribution in [0.15, 0.2) is 78.2 Å². The molecule has 0 unspecified atom stereocenters. The Hall–Kier alpha value is -3.67. The number of rotatable bonds is 8. The number of hydrogen-bond acceptors (Lipinski definition) is 5. The highest BCUT2D eigenvalue weighted by Gasteiger charge is 2.04. The van der Waals surface area contributed by atoms with Crippen molar-refractivity contribution in [1.82, 2.24) is 10.4 Å². The zero-order valence-electron chi connectivity index (χ0n) is 15.5. The Morgan fingerprint density at radius 3 is 2.39 bits per heavy atom. The van der Waals surface area contributed by atoms with Gasteiger partial charge in [0.25, 0.3) is 5.91 Å². The molecule has 3 aromatic rings. The second-order valence-corrected chi connectivity index (χ2v) is 5.88. The van der Waals surface area contributed by atoms with Crippen LogP contribution in [0.25, 0.3) is 0 Å². The maximum atomic E-state index is 12.1. The van der Waals surface area contributed by atoms with E-state index in [2.05, 4.69) is 15.5 Å². The third kappa shape index (κ3) is 5.67. The summed E-state index contributed by atoms with van der Waals surface area (Å²) in [6, 6.07) is 18.3. The molecular formula is C22H21N3O3. The number of benzene rings is 2. The summed E-state index contributed by atoms with van der Waals surface area (Å²) in [7, 11) is 0. The van der Waals surface area contributed by atoms with Gasteiger partial charge in [-0.2, -0.15) is 5.10 Å². The molecular weight excluding hydrogens is 354 g/mol. The molecule has 1 N–H and O–H groups in total. The molecule has 0 atom stereocenters. The van der Waals surface area contributed by atoms with Gasteiger partial charge < -0.3 is 9.47 Å². The van der Waals surface area contributed by atoms with Gasteiger partial charge >= 0.3 is 0 Å². The quantitative estimate of drug-likeness (QED) is 0.480. The number of nitrogens with one attached hydrogen (secondary N) is 1. The third-order valence-electron chi connectivity index (χ3n) is 3.82. The summed E-state index contributed by atoms with van der Waals surface area (Å²) in [6.45, 7) is 2.99. The number of pyridine rings is 1. The van der Waals surface area contributed by atoms with Gasteiger partial charge in [0.1, 0.15) is 18.1 Å². The molecule has 0 aliphatic heterocycles. The predicted molar refractivity (Wildman–Crippen MR) is 108 cm³/mol. The lowest BCUT2D eigenvalue weighted by Crippen LogP contribution is -2.17. The van der Waals surface area contributed by atoms with Gasteiger partial charge in [-0.15, -0.1) is 0 Å². The highest BCUT2D eigenvalue weighted by molar-refractivity contribution is 5.94. The molecule has 0 saturated carbocycles. The van der Waals surface area contributed by atoms with Crippen molar-refractivity contribution in [3.8, 4) is 11.5 Å². The molecule has 0 spiro atoms. The molecule has 1 amide bonds. The lowest BCUT2D eigenvalue weighted by atomic mass is 10.1. The fraction of sp³-hybridized carbons (Fsp3) is 0.136. The largest absolute Gasteiger partial charge is 0.494 e. The van der Waals surface area contributed by atoms with Crippen molar-refractivity contribution in [2.45, 2.75) is 13.5 Å². The Labute approximate surface area is 163 Å². The monoisotopic (exact) mass is 375 g/mol. The fourth-order valence-corrected chi connectivity index (χ4v) is 2.40. The Morgan fingerprint density at radius 1 is 1.04 bits per heavy atom. The molecule has 0 bridgehead atoms. The summed E-state index contributed by atoms with van der Waals surface area (Å²) < 4.78 is 11.2. The van der Waals surface area contributed by atoms with Gasteiger partial charge in [0, 0.05) is 23.5 Å². The fourth-order valence-electron chi connectivity index (χ4n) is 2.40. The zero-order chi connectivity index (χ0) is 19.6. The Bertz CT molecular complexity index is 908. The molecule has 1 heterocycles. The first-order valence-corrected chi connectivity index (χ1v) is 8.92. The van der Waals surface area contributed by atoms with E-state index in [1.807, 2.05) is 49.4 Å². The molecule has 6 heteroatoms. The van der Waals surface area contributed by atoms with Crippen LogP contribution in [0.4, 0.5) is 0 Å². The summed E-state index contributed by atoms with van der Waals surface area (Å²) in [5.41, 5.74) is 4.79. The van der Waals surface area contributed by atoms with E-state index in [-0.39, 0.29) is 5.91 Å². The van der Waals surface area contributed by atoms with Crippen LogP contribution < -0.4 is 14.9 Å². The van der Waals surface area contributed by atoms with Crippen molar-refractivity contribution in [2.24, 2.45) is 5.10 Å². The standard InChI is InChI=1S/C22H21N3O3/c1-2-27-20-9-11-21(12-10-20)28-16-17-5-7-19(8-6-17)22(26)25-24-15-18-4-3-13-23-14-18/h3-15H,2,16H2,1H3,(H,25,26)/b24-15-. The first kappa shape index (κ1) is 19.1. The van der Waals surface area contributed by atoms with Crippen LogP contribution in [0.1, 0.15) is 28.4 Å². The molecule has 0 saturated heterocycles. The lowest BCUT2D eigenvalue weighted by Gasteiger charge is -2.08. The smallest absolute Gasteiger partial charge is 0.271 e. The highest BCUT2D eigenvalue weighted by atomic mass is 16.5. The number of hydrogen-bond donors (Lipinski definition) is 1. The molecule has 3 rings (SSSR count). The van der Waals surface area contributed by atoms with Gasteiger partial charge in [0.2, 0.25) is 0 Å². The van der Waals surface area contributed by atoms with E-state index >= 15 is 0 Å². The summed E-state index contributed by atoms with van der Waals surface area (Å²) in [5, 5.41) is 3.94. The maximum Gasteiger partial charge on any atom is 0.271 e. The lowest BCUT2D eigenvalue weighted by molar-refractivity contribution is 0.0955. The second kappa shape index (κ2) is 9.87. The highest BCUT2D eigenvalue weighted by Crippen LogP contribution is 2.18. The van der Waals surface area contributed by atoms with Gasteiger partial charge in [-0.25, -0.2) is 5.43 Å². The molecule has 6 nitrogen and oxygen atoms in total. The van der Waals surface area contributed by atoms with E-state index in [4.69, 9.17) is 9.47 Å². The maximum absolute atomic E-state index is 12.1. The second-order valence-electron chi connectivity index (χ2n) is 5.88. The Balaban J connectivity index is 1.50. The first-order chi connectivity index (χ1) is 13.7. The van der Waals surface area contributed by atoms with Crippen LogP contribution >= 0.6 is 0 Å². The zero-order valence-corrected chi connectivity index (χ0v) is 15.5. The van der Waals surface area contributed by atoms with E-state index in [1.165, 1.54) is 0 Å². The molecule has 142 valence electrons. The third-order valence-corrected chi connectivity index (χ3v) is 3.82. The summed E-state index contributed by atoms with van der Waals surface area (Å²) in [6.07, 6.45) is 4.88. The van der Waals surface area contributed by atoms with E-state index in [9.17, 15) is 4.79 Å². The molecule has 0 aliphatic rings. The number of carbonyl (C=O) groups excluding carboxylic acids is 1. The first-order valence-electron chi connectivity index (χ1n) is 8.92. The number of hydrazone groups is 1. The van der Waals surface area contributed by atoms with Gasteiger partial charge in [0.05, 0.1) is 12.8 Å². The minimum atomic E-state index is -0.279. The van der Waals surface area contributed by atoms with E-state index in [1.54, 1.807) is 36.8 Å². The Morgan fingerprint density at radius 2 is 1.75 bits per heavy atom. The van der Waals surface area contributed by atoms with Crippen LogP contribution in [0.3, 0.4) is 0 Å². The molecule has 28 heavy (non-hydrogen) atoms. The minimum absolute atomic E-state index is 0.279. The van der Waals surface area contributed by atoms with Crippen molar-refractivity contribution < 1.29 is 14.3 Å². The number of amides is 1. The average Bonchev–Trinajstić information content (AvgIpc) is 2.74. The molecule has 0 aliphatic carbocycles. The summed E-state index contributed by atoms with van der Waals surface area (Å²) in [4.78, 5) is 16.1. The van der Waals surface area contributed by atoms with Crippen molar-refractivity contribution >= 4 is 12.1 Å². The van der Waals surface area contributed by atoms with Gasteiger partial charge in [-0.05, 0) is 55.0 Å². The van der Waals surface area contributed by atoms with Crippen molar-refractivity contribution in [3.05, 3.63) is 89.7 Å². The van der Waals surface area contributed by atoms with E-state index < -0.39 is 0 Å². The summed E-state index contributed by atoms with van der Waals surface area (Å²) >= 11 is 0. The number of carbonyl (C=O) groups is 1. The van der Waals surface area contributed by atoms with Crippen LogP contribution in [-0.2, 0) is 6.61 Å². The molecule has 0 radical (unpaired) electrons. The topological polar surface area (TPSA) is 72.8 Å². The van der Waals surface area contributed by atoms with Crippen LogP contribution in [0, 0.1) is 0 Å². The van der Waals surface area contributed by atoms with Crippen LogP contribution in [0.2, 0.25) is 0 Å². The molecule has 0 fully saturated rings.